The first kappa shape index (κ1) is 22.9. The fraction of sp³-hybridized carbons (Fsp3) is 0.478. The number of amides is 1. The number of ether oxygens (including phenoxy) is 2. The summed E-state index contributed by atoms with van der Waals surface area (Å²) in [5, 5.41) is 4.19. The zero-order valence-corrected chi connectivity index (χ0v) is 19.0. The van der Waals surface area contributed by atoms with E-state index in [4.69, 9.17) is 32.7 Å². The highest BCUT2D eigenvalue weighted by atomic mass is 35.5. The van der Waals surface area contributed by atoms with Crippen LogP contribution in [-0.2, 0) is 14.9 Å². The first-order valence-corrected chi connectivity index (χ1v) is 11.2. The maximum atomic E-state index is 13.5. The van der Waals surface area contributed by atoms with Crippen LogP contribution in [0.4, 0.5) is 5.69 Å². The Labute approximate surface area is 188 Å². The predicted octanol–water partition coefficient (Wildman–Crippen LogP) is 5.95. The van der Waals surface area contributed by atoms with Crippen molar-refractivity contribution in [2.24, 2.45) is 0 Å². The van der Waals surface area contributed by atoms with Gasteiger partial charge in [0.1, 0.15) is 6.61 Å². The van der Waals surface area contributed by atoms with Gasteiger partial charge in [-0.25, -0.2) is 4.98 Å². The largest absolute Gasteiger partial charge is 0.475 e. The normalized spacial score (nSPS) is 15.6. The summed E-state index contributed by atoms with van der Waals surface area (Å²) in [5.74, 6) is 0.458. The lowest BCUT2D eigenvalue weighted by Gasteiger charge is -2.37. The smallest absolute Gasteiger partial charge is 0.235 e. The van der Waals surface area contributed by atoms with Crippen LogP contribution in [-0.4, -0.2) is 30.7 Å². The molecule has 1 fully saturated rings. The molecule has 162 valence electrons. The first-order chi connectivity index (χ1) is 14.5. The highest BCUT2D eigenvalue weighted by molar-refractivity contribution is 6.35. The van der Waals surface area contributed by atoms with Crippen molar-refractivity contribution in [3.05, 3.63) is 51.6 Å². The number of nitrogens with zero attached hydrogens (tertiary/aromatic N) is 1. The maximum absolute atomic E-state index is 13.5. The van der Waals surface area contributed by atoms with Gasteiger partial charge in [0, 0.05) is 22.7 Å². The highest BCUT2D eigenvalue weighted by Gasteiger charge is 2.42. The van der Waals surface area contributed by atoms with Gasteiger partial charge in [-0.2, -0.15) is 0 Å². The topological polar surface area (TPSA) is 60.5 Å². The van der Waals surface area contributed by atoms with E-state index in [1.54, 1.807) is 18.2 Å². The molecule has 5 nitrogen and oxygen atoms in total. The molecule has 1 saturated carbocycles. The van der Waals surface area contributed by atoms with Crippen molar-refractivity contribution in [3.63, 3.8) is 0 Å². The van der Waals surface area contributed by atoms with Crippen molar-refractivity contribution in [3.8, 4) is 5.88 Å². The molecular weight excluding hydrogens is 423 g/mol. The van der Waals surface area contributed by atoms with E-state index in [0.717, 1.165) is 37.7 Å². The molecule has 2 aromatic rings. The zero-order valence-electron chi connectivity index (χ0n) is 17.5. The maximum Gasteiger partial charge on any atom is 0.235 e. The van der Waals surface area contributed by atoms with Gasteiger partial charge in [0.25, 0.3) is 0 Å². The number of benzene rings is 1. The van der Waals surface area contributed by atoms with Gasteiger partial charge in [-0.1, -0.05) is 48.5 Å². The molecule has 0 unspecified atom stereocenters. The molecular formula is C23H28Cl2N2O3. The van der Waals surface area contributed by atoms with E-state index in [0.29, 0.717) is 47.1 Å². The van der Waals surface area contributed by atoms with Gasteiger partial charge in [0.05, 0.1) is 23.4 Å². The SMILES string of the molecule is CCOCCOc1ccc(NC(=O)C2(c3ccc(Cl)cc3Cl)CCCCC2)c(C)n1. The average molecular weight is 451 g/mol. The number of nitrogens with one attached hydrogen (secondary N) is 1. The Bertz CT molecular complexity index is 883. The fourth-order valence-electron chi connectivity index (χ4n) is 3.99. The van der Waals surface area contributed by atoms with Gasteiger partial charge in [-0.15, -0.1) is 0 Å². The Hall–Kier alpha value is -1.82. The minimum absolute atomic E-state index is 0.0543. The fourth-order valence-corrected chi connectivity index (χ4v) is 4.58. The van der Waals surface area contributed by atoms with Crippen LogP contribution in [0.2, 0.25) is 10.0 Å². The lowest BCUT2D eigenvalue weighted by Crippen LogP contribution is -2.42. The molecule has 1 aromatic carbocycles. The van der Waals surface area contributed by atoms with Crippen molar-refractivity contribution >= 4 is 34.8 Å². The molecule has 7 heteroatoms. The van der Waals surface area contributed by atoms with Gasteiger partial charge in [-0.05, 0) is 50.5 Å². The third-order valence-electron chi connectivity index (χ3n) is 5.58. The number of hydrogen-bond acceptors (Lipinski definition) is 4. The number of carbonyl (C=O) groups is 1. The predicted molar refractivity (Wildman–Crippen MR) is 121 cm³/mol. The monoisotopic (exact) mass is 450 g/mol. The Morgan fingerprint density at radius 3 is 2.57 bits per heavy atom. The van der Waals surface area contributed by atoms with Crippen LogP contribution in [0.3, 0.4) is 0 Å². The second kappa shape index (κ2) is 10.5. The molecule has 1 heterocycles. The Kier molecular flexibility index (Phi) is 7.98. The third-order valence-corrected chi connectivity index (χ3v) is 6.13. The number of carbonyl (C=O) groups excluding carboxylic acids is 1. The summed E-state index contributed by atoms with van der Waals surface area (Å²) < 4.78 is 10.9. The third kappa shape index (κ3) is 5.26. The Morgan fingerprint density at radius 2 is 1.90 bits per heavy atom. The first-order valence-electron chi connectivity index (χ1n) is 10.4. The van der Waals surface area contributed by atoms with Gasteiger partial charge in [0.15, 0.2) is 0 Å². The minimum Gasteiger partial charge on any atom is -0.475 e. The Morgan fingerprint density at radius 1 is 1.13 bits per heavy atom. The van der Waals surface area contributed by atoms with Crippen LogP contribution in [0, 0.1) is 6.92 Å². The van der Waals surface area contributed by atoms with Gasteiger partial charge in [-0.3, -0.25) is 4.79 Å². The van der Waals surface area contributed by atoms with Crippen LogP contribution in [0.5, 0.6) is 5.88 Å². The molecule has 0 saturated heterocycles. The van der Waals surface area contributed by atoms with Crippen LogP contribution in [0.25, 0.3) is 0 Å². The molecule has 0 atom stereocenters. The van der Waals surface area contributed by atoms with Crippen LogP contribution in [0.1, 0.15) is 50.3 Å². The summed E-state index contributed by atoms with van der Waals surface area (Å²) in [5.41, 5.74) is 1.55. The molecule has 0 aliphatic heterocycles. The molecule has 1 aromatic heterocycles. The van der Waals surface area contributed by atoms with E-state index in [1.807, 2.05) is 26.0 Å². The molecule has 1 aliphatic carbocycles. The van der Waals surface area contributed by atoms with E-state index in [9.17, 15) is 4.79 Å². The summed E-state index contributed by atoms with van der Waals surface area (Å²) in [6.45, 7) is 5.40. The van der Waals surface area contributed by atoms with Gasteiger partial charge in [0.2, 0.25) is 11.8 Å². The Balaban J connectivity index is 1.79. The summed E-state index contributed by atoms with van der Waals surface area (Å²) in [7, 11) is 0. The quantitative estimate of drug-likeness (QED) is 0.504. The zero-order chi connectivity index (χ0) is 21.6. The van der Waals surface area contributed by atoms with Crippen molar-refractivity contribution < 1.29 is 14.3 Å². The second-order valence-electron chi connectivity index (χ2n) is 7.55. The second-order valence-corrected chi connectivity index (χ2v) is 8.39. The summed E-state index contributed by atoms with van der Waals surface area (Å²) in [6.07, 6.45) is 4.59. The van der Waals surface area contributed by atoms with Crippen molar-refractivity contribution in [2.75, 3.05) is 25.1 Å². The number of aryl methyl sites for hydroxylation is 1. The molecule has 3 rings (SSSR count). The molecule has 1 aliphatic rings. The van der Waals surface area contributed by atoms with E-state index >= 15 is 0 Å². The van der Waals surface area contributed by atoms with E-state index in [-0.39, 0.29) is 5.91 Å². The van der Waals surface area contributed by atoms with Crippen molar-refractivity contribution in [1.29, 1.82) is 0 Å². The average Bonchev–Trinajstić information content (AvgIpc) is 2.73. The van der Waals surface area contributed by atoms with Crippen LogP contribution in [0.15, 0.2) is 30.3 Å². The number of halogens is 2. The number of anilines is 1. The highest BCUT2D eigenvalue weighted by Crippen LogP contribution is 2.44. The van der Waals surface area contributed by atoms with Crippen molar-refractivity contribution in [2.45, 2.75) is 51.4 Å². The molecule has 0 spiro atoms. The van der Waals surface area contributed by atoms with E-state index in [1.165, 1.54) is 0 Å². The molecule has 0 bridgehead atoms. The number of rotatable bonds is 8. The molecule has 0 radical (unpaired) electrons. The number of aromatic nitrogens is 1. The standard InChI is InChI=1S/C23H28Cl2N2O3/c1-3-29-13-14-30-21-10-9-20(16(2)26-21)27-22(28)23(11-5-4-6-12-23)18-8-7-17(24)15-19(18)25/h7-10,15H,3-6,11-14H2,1-2H3,(H,27,28). The van der Waals surface area contributed by atoms with Gasteiger partial charge < -0.3 is 14.8 Å². The lowest BCUT2D eigenvalue weighted by molar-refractivity contribution is -0.122. The molecule has 1 N–H and O–H groups in total. The number of hydrogen-bond donors (Lipinski definition) is 1. The van der Waals surface area contributed by atoms with Gasteiger partial charge >= 0.3 is 0 Å². The summed E-state index contributed by atoms with van der Waals surface area (Å²) in [6, 6.07) is 8.99. The molecule has 30 heavy (non-hydrogen) atoms. The van der Waals surface area contributed by atoms with E-state index in [2.05, 4.69) is 10.3 Å². The number of pyridine rings is 1. The van der Waals surface area contributed by atoms with Crippen molar-refractivity contribution in [1.82, 2.24) is 4.98 Å². The van der Waals surface area contributed by atoms with E-state index < -0.39 is 5.41 Å². The summed E-state index contributed by atoms with van der Waals surface area (Å²) in [4.78, 5) is 18.0. The minimum atomic E-state index is -0.668. The summed E-state index contributed by atoms with van der Waals surface area (Å²) >= 11 is 12.6. The van der Waals surface area contributed by atoms with Crippen LogP contribution < -0.4 is 10.1 Å². The molecule has 1 amide bonds. The lowest BCUT2D eigenvalue weighted by atomic mass is 9.68. The van der Waals surface area contributed by atoms with Crippen LogP contribution >= 0.6 is 23.2 Å².